The molecule has 0 aliphatic rings. The van der Waals surface area contributed by atoms with Crippen LogP contribution in [-0.4, -0.2) is 29.6 Å². The van der Waals surface area contributed by atoms with Gasteiger partial charge < -0.3 is 14.1 Å². The van der Waals surface area contributed by atoms with Crippen molar-refractivity contribution in [1.29, 1.82) is 0 Å². The maximum atomic E-state index is 10.4. The van der Waals surface area contributed by atoms with Gasteiger partial charge in [0.2, 0.25) is 0 Å². The number of nitrogens with zero attached hydrogens (tertiary/aromatic N) is 2. The molecule has 0 saturated heterocycles. The fourth-order valence-corrected chi connectivity index (χ4v) is 1.46. The first-order valence-electron chi connectivity index (χ1n) is 4.65. The largest absolute Gasteiger partial charge is 0.384 e. The van der Waals surface area contributed by atoms with Gasteiger partial charge in [0.15, 0.2) is 0 Å². The standard InChI is InChI=1S/C10H16N2O2/c1-12-8-11-6-10(12)5-9(3-4-13)7-14-2/h4,6,8-9H,3,5,7H2,1-2H3. The summed E-state index contributed by atoms with van der Waals surface area (Å²) in [7, 11) is 3.61. The zero-order valence-corrected chi connectivity index (χ0v) is 8.64. The summed E-state index contributed by atoms with van der Waals surface area (Å²) in [5.74, 6) is 0.257. The van der Waals surface area contributed by atoms with E-state index in [2.05, 4.69) is 4.98 Å². The lowest BCUT2D eigenvalue weighted by molar-refractivity contribution is -0.109. The number of hydrogen-bond acceptors (Lipinski definition) is 3. The van der Waals surface area contributed by atoms with Gasteiger partial charge in [-0.25, -0.2) is 4.98 Å². The highest BCUT2D eigenvalue weighted by molar-refractivity contribution is 5.49. The molecule has 0 aromatic carbocycles. The lowest BCUT2D eigenvalue weighted by Gasteiger charge is -2.12. The number of carbonyl (C=O) groups excluding carboxylic acids is 1. The zero-order chi connectivity index (χ0) is 10.4. The first kappa shape index (κ1) is 10.9. The molecule has 0 spiro atoms. The highest BCUT2D eigenvalue weighted by Gasteiger charge is 2.10. The van der Waals surface area contributed by atoms with Crippen LogP contribution in [-0.2, 0) is 23.0 Å². The van der Waals surface area contributed by atoms with E-state index in [1.165, 1.54) is 0 Å². The second-order valence-electron chi connectivity index (χ2n) is 3.42. The van der Waals surface area contributed by atoms with Crippen LogP contribution in [0.5, 0.6) is 0 Å². The Hall–Kier alpha value is -1.16. The van der Waals surface area contributed by atoms with Gasteiger partial charge in [-0.3, -0.25) is 0 Å². The fourth-order valence-electron chi connectivity index (χ4n) is 1.46. The van der Waals surface area contributed by atoms with Crippen LogP contribution in [0, 0.1) is 5.92 Å². The van der Waals surface area contributed by atoms with Crippen LogP contribution < -0.4 is 0 Å². The van der Waals surface area contributed by atoms with E-state index < -0.39 is 0 Å². The first-order chi connectivity index (χ1) is 6.77. The summed E-state index contributed by atoms with van der Waals surface area (Å²) in [4.78, 5) is 14.5. The molecule has 4 nitrogen and oxygen atoms in total. The zero-order valence-electron chi connectivity index (χ0n) is 8.64. The van der Waals surface area contributed by atoms with Crippen molar-refractivity contribution in [3.05, 3.63) is 18.2 Å². The van der Waals surface area contributed by atoms with Gasteiger partial charge >= 0.3 is 0 Å². The monoisotopic (exact) mass is 196 g/mol. The van der Waals surface area contributed by atoms with Crippen molar-refractivity contribution in [2.45, 2.75) is 12.8 Å². The molecule has 0 N–H and O–H groups in total. The Balaban J connectivity index is 2.54. The Morgan fingerprint density at radius 1 is 1.71 bits per heavy atom. The second-order valence-corrected chi connectivity index (χ2v) is 3.42. The van der Waals surface area contributed by atoms with Crippen LogP contribution in [0.3, 0.4) is 0 Å². The van der Waals surface area contributed by atoms with Crippen molar-refractivity contribution in [2.75, 3.05) is 13.7 Å². The number of aryl methyl sites for hydroxylation is 1. The molecule has 0 aliphatic heterocycles. The van der Waals surface area contributed by atoms with Crippen molar-refractivity contribution in [3.63, 3.8) is 0 Å². The lowest BCUT2D eigenvalue weighted by atomic mass is 10.0. The quantitative estimate of drug-likeness (QED) is 0.632. The molecule has 0 radical (unpaired) electrons. The Bertz CT molecular complexity index is 283. The summed E-state index contributed by atoms with van der Waals surface area (Å²) < 4.78 is 7.02. The van der Waals surface area contributed by atoms with Gasteiger partial charge in [-0.2, -0.15) is 0 Å². The summed E-state index contributed by atoms with van der Waals surface area (Å²) >= 11 is 0. The molecule has 0 amide bonds. The van der Waals surface area contributed by atoms with Gasteiger partial charge in [0, 0.05) is 39.1 Å². The van der Waals surface area contributed by atoms with Gasteiger partial charge in [0.25, 0.3) is 0 Å². The number of methoxy groups -OCH3 is 1. The van der Waals surface area contributed by atoms with Gasteiger partial charge in [-0.1, -0.05) is 0 Å². The Kier molecular flexibility index (Phi) is 4.32. The number of hydrogen-bond donors (Lipinski definition) is 0. The normalized spacial score (nSPS) is 12.7. The van der Waals surface area contributed by atoms with Gasteiger partial charge in [0.05, 0.1) is 6.33 Å². The van der Waals surface area contributed by atoms with Crippen LogP contribution >= 0.6 is 0 Å². The molecule has 1 heterocycles. The first-order valence-corrected chi connectivity index (χ1v) is 4.65. The summed E-state index contributed by atoms with van der Waals surface area (Å²) in [6.45, 7) is 0.615. The molecule has 0 saturated carbocycles. The average molecular weight is 196 g/mol. The molecule has 1 aromatic heterocycles. The summed E-state index contributed by atoms with van der Waals surface area (Å²) in [5, 5.41) is 0. The molecule has 0 fully saturated rings. The lowest BCUT2D eigenvalue weighted by Crippen LogP contribution is -2.13. The molecule has 1 atom stereocenters. The van der Waals surface area contributed by atoms with Gasteiger partial charge in [-0.15, -0.1) is 0 Å². The van der Waals surface area contributed by atoms with E-state index in [4.69, 9.17) is 4.74 Å². The smallest absolute Gasteiger partial charge is 0.120 e. The minimum absolute atomic E-state index is 0.257. The number of carbonyl (C=O) groups is 1. The Morgan fingerprint density at radius 2 is 2.50 bits per heavy atom. The van der Waals surface area contributed by atoms with Crippen LogP contribution in [0.2, 0.25) is 0 Å². The van der Waals surface area contributed by atoms with E-state index in [1.807, 2.05) is 17.8 Å². The third kappa shape index (κ3) is 2.96. The van der Waals surface area contributed by atoms with Gasteiger partial charge in [-0.05, 0) is 12.3 Å². The molecular weight excluding hydrogens is 180 g/mol. The molecule has 1 aromatic rings. The predicted octanol–water partition coefficient (Wildman–Crippen LogP) is 0.814. The molecule has 14 heavy (non-hydrogen) atoms. The van der Waals surface area contributed by atoms with E-state index in [9.17, 15) is 4.79 Å². The molecule has 1 unspecified atom stereocenters. The maximum absolute atomic E-state index is 10.4. The second kappa shape index (κ2) is 5.54. The average Bonchev–Trinajstić information content (AvgIpc) is 2.53. The summed E-state index contributed by atoms with van der Waals surface area (Å²) in [6.07, 6.45) is 5.91. The van der Waals surface area contributed by atoms with Gasteiger partial charge in [0.1, 0.15) is 6.29 Å². The van der Waals surface area contributed by atoms with Crippen molar-refractivity contribution in [2.24, 2.45) is 13.0 Å². The highest BCUT2D eigenvalue weighted by Crippen LogP contribution is 2.10. The molecule has 78 valence electrons. The molecule has 0 aliphatic carbocycles. The van der Waals surface area contributed by atoms with E-state index in [0.29, 0.717) is 13.0 Å². The molecular formula is C10H16N2O2. The number of aldehydes is 1. The molecule has 0 bridgehead atoms. The summed E-state index contributed by atoms with van der Waals surface area (Å²) in [6, 6.07) is 0. The van der Waals surface area contributed by atoms with E-state index >= 15 is 0 Å². The predicted molar refractivity (Wildman–Crippen MR) is 53.0 cm³/mol. The third-order valence-corrected chi connectivity index (χ3v) is 2.25. The molecule has 4 heteroatoms. The minimum atomic E-state index is 0.257. The van der Waals surface area contributed by atoms with Crippen molar-refractivity contribution >= 4 is 6.29 Å². The fraction of sp³-hybridized carbons (Fsp3) is 0.600. The summed E-state index contributed by atoms with van der Waals surface area (Å²) in [5.41, 5.74) is 1.13. The van der Waals surface area contributed by atoms with E-state index in [1.54, 1.807) is 13.4 Å². The van der Waals surface area contributed by atoms with Crippen molar-refractivity contribution < 1.29 is 9.53 Å². The molecule has 1 rings (SSSR count). The maximum Gasteiger partial charge on any atom is 0.120 e. The Labute approximate surface area is 83.9 Å². The topological polar surface area (TPSA) is 44.1 Å². The minimum Gasteiger partial charge on any atom is -0.384 e. The number of ether oxygens (including phenoxy) is 1. The van der Waals surface area contributed by atoms with Crippen LogP contribution in [0.1, 0.15) is 12.1 Å². The highest BCUT2D eigenvalue weighted by atomic mass is 16.5. The number of imidazole rings is 1. The van der Waals surface area contributed by atoms with Crippen molar-refractivity contribution in [1.82, 2.24) is 9.55 Å². The van der Waals surface area contributed by atoms with Crippen LogP contribution in [0.25, 0.3) is 0 Å². The third-order valence-electron chi connectivity index (χ3n) is 2.25. The number of aromatic nitrogens is 2. The SMILES string of the molecule is COCC(CC=O)Cc1cncn1C. The van der Waals surface area contributed by atoms with Crippen molar-refractivity contribution in [3.8, 4) is 0 Å². The van der Waals surface area contributed by atoms with E-state index in [-0.39, 0.29) is 5.92 Å². The number of rotatable bonds is 6. The van der Waals surface area contributed by atoms with Crippen LogP contribution in [0.4, 0.5) is 0 Å². The van der Waals surface area contributed by atoms with E-state index in [0.717, 1.165) is 18.4 Å². The van der Waals surface area contributed by atoms with Crippen LogP contribution in [0.15, 0.2) is 12.5 Å². The Morgan fingerprint density at radius 3 is 3.00 bits per heavy atom.